The molecule has 3 N–H and O–H groups in total. The van der Waals surface area contributed by atoms with Gasteiger partial charge in [0.15, 0.2) is 0 Å². The van der Waals surface area contributed by atoms with Gasteiger partial charge in [-0.05, 0) is 24.5 Å². The van der Waals surface area contributed by atoms with Gasteiger partial charge in [0.2, 0.25) is 5.91 Å². The van der Waals surface area contributed by atoms with Crippen molar-refractivity contribution in [3.05, 3.63) is 29.8 Å². The average Bonchev–Trinajstić information content (AvgIpc) is 3.03. The van der Waals surface area contributed by atoms with Crippen molar-refractivity contribution in [1.82, 2.24) is 5.32 Å². The van der Waals surface area contributed by atoms with Crippen molar-refractivity contribution >= 4 is 11.6 Å². The lowest BCUT2D eigenvalue weighted by Gasteiger charge is -2.23. The molecular formula is C15H20N2O2. The molecule has 0 aromatic heterocycles. The molecule has 1 unspecified atom stereocenters. The van der Waals surface area contributed by atoms with Gasteiger partial charge in [0.05, 0.1) is 11.5 Å². The van der Waals surface area contributed by atoms with E-state index in [-0.39, 0.29) is 11.8 Å². The highest BCUT2D eigenvalue weighted by Gasteiger charge is 2.33. The minimum atomic E-state index is -0.679. The molecule has 1 atom stereocenters. The summed E-state index contributed by atoms with van der Waals surface area (Å²) < 4.78 is 0. The molecule has 0 radical (unpaired) electrons. The Morgan fingerprint density at radius 1 is 1.37 bits per heavy atom. The second kappa shape index (κ2) is 4.85. The molecule has 1 aromatic carbocycles. The van der Waals surface area contributed by atoms with Crippen LogP contribution < -0.4 is 10.6 Å². The number of aliphatic hydroxyl groups is 1. The summed E-state index contributed by atoms with van der Waals surface area (Å²) in [7, 11) is 0. The third kappa shape index (κ3) is 2.45. The fraction of sp³-hybridized carbons (Fsp3) is 0.533. The SMILES string of the molecule is O=C(NCC1(O)CCCC1)C1CNc2ccccc21. The standard InChI is InChI=1S/C15H20N2O2/c18-14(17-10-15(19)7-3-4-8-15)12-9-16-13-6-2-1-5-11(12)13/h1-2,5-6,12,16,19H,3-4,7-10H2,(H,17,18). The van der Waals surface area contributed by atoms with E-state index < -0.39 is 5.60 Å². The van der Waals surface area contributed by atoms with E-state index in [1.54, 1.807) is 0 Å². The van der Waals surface area contributed by atoms with Crippen LogP contribution in [0.3, 0.4) is 0 Å². The van der Waals surface area contributed by atoms with Gasteiger partial charge in [-0.15, -0.1) is 0 Å². The summed E-state index contributed by atoms with van der Waals surface area (Å²) in [6.07, 6.45) is 3.71. The first-order valence-corrected chi connectivity index (χ1v) is 7.01. The van der Waals surface area contributed by atoms with Gasteiger partial charge in [-0.25, -0.2) is 0 Å². The van der Waals surface area contributed by atoms with Gasteiger partial charge >= 0.3 is 0 Å². The van der Waals surface area contributed by atoms with E-state index in [0.717, 1.165) is 36.9 Å². The first-order chi connectivity index (χ1) is 9.18. The van der Waals surface area contributed by atoms with E-state index in [2.05, 4.69) is 10.6 Å². The summed E-state index contributed by atoms with van der Waals surface area (Å²) in [5.41, 5.74) is 1.42. The first-order valence-electron chi connectivity index (χ1n) is 7.01. The van der Waals surface area contributed by atoms with Crippen LogP contribution in [0.1, 0.15) is 37.2 Å². The Labute approximate surface area is 113 Å². The van der Waals surface area contributed by atoms with Crippen LogP contribution in [0, 0.1) is 0 Å². The number of carbonyl (C=O) groups excluding carboxylic acids is 1. The normalized spacial score (nSPS) is 23.7. The predicted octanol–water partition coefficient (Wildman–Crippen LogP) is 1.62. The smallest absolute Gasteiger partial charge is 0.229 e. The lowest BCUT2D eigenvalue weighted by atomic mass is 9.99. The molecule has 1 aromatic rings. The number of rotatable bonds is 3. The Morgan fingerprint density at radius 2 is 2.11 bits per heavy atom. The van der Waals surface area contributed by atoms with Gasteiger partial charge in [-0.3, -0.25) is 4.79 Å². The highest BCUT2D eigenvalue weighted by Crippen LogP contribution is 2.32. The summed E-state index contributed by atoms with van der Waals surface area (Å²) in [6.45, 7) is 1.02. The zero-order valence-corrected chi connectivity index (χ0v) is 11.0. The van der Waals surface area contributed by atoms with Gasteiger partial charge in [0.25, 0.3) is 0 Å². The number of hydrogen-bond donors (Lipinski definition) is 3. The van der Waals surface area contributed by atoms with Crippen LogP contribution in [0.5, 0.6) is 0 Å². The van der Waals surface area contributed by atoms with E-state index in [1.807, 2.05) is 24.3 Å². The van der Waals surface area contributed by atoms with Crippen LogP contribution in [-0.4, -0.2) is 29.7 Å². The lowest BCUT2D eigenvalue weighted by molar-refractivity contribution is -0.123. The number of amides is 1. The molecule has 1 fully saturated rings. The Bertz CT molecular complexity index is 481. The van der Waals surface area contributed by atoms with E-state index in [1.165, 1.54) is 0 Å². The summed E-state index contributed by atoms with van der Waals surface area (Å²) in [5, 5.41) is 16.4. The Hall–Kier alpha value is -1.55. The first kappa shape index (κ1) is 12.5. The molecule has 0 spiro atoms. The number of carbonyl (C=O) groups is 1. The maximum Gasteiger partial charge on any atom is 0.229 e. The highest BCUT2D eigenvalue weighted by atomic mass is 16.3. The minimum Gasteiger partial charge on any atom is -0.388 e. The third-order valence-corrected chi connectivity index (χ3v) is 4.28. The van der Waals surface area contributed by atoms with Crippen molar-refractivity contribution in [2.24, 2.45) is 0 Å². The van der Waals surface area contributed by atoms with Crippen LogP contribution in [-0.2, 0) is 4.79 Å². The molecule has 0 bridgehead atoms. The highest BCUT2D eigenvalue weighted by molar-refractivity contribution is 5.88. The number of para-hydroxylation sites is 1. The Balaban J connectivity index is 1.63. The van der Waals surface area contributed by atoms with E-state index in [9.17, 15) is 9.90 Å². The maximum absolute atomic E-state index is 12.2. The minimum absolute atomic E-state index is 0.0118. The molecule has 0 saturated heterocycles. The lowest BCUT2D eigenvalue weighted by Crippen LogP contribution is -2.42. The van der Waals surface area contributed by atoms with E-state index in [0.29, 0.717) is 13.1 Å². The topological polar surface area (TPSA) is 61.4 Å². The fourth-order valence-electron chi connectivity index (χ4n) is 3.10. The van der Waals surface area contributed by atoms with Crippen molar-refractivity contribution in [3.63, 3.8) is 0 Å². The zero-order valence-electron chi connectivity index (χ0n) is 11.0. The molecule has 1 saturated carbocycles. The van der Waals surface area contributed by atoms with Gasteiger partial charge < -0.3 is 15.7 Å². The summed E-state index contributed by atoms with van der Waals surface area (Å²) in [6, 6.07) is 7.90. The van der Waals surface area contributed by atoms with E-state index >= 15 is 0 Å². The van der Waals surface area contributed by atoms with Crippen LogP contribution in [0.2, 0.25) is 0 Å². The number of benzene rings is 1. The largest absolute Gasteiger partial charge is 0.388 e. The summed E-state index contributed by atoms with van der Waals surface area (Å²) >= 11 is 0. The number of hydrogen-bond acceptors (Lipinski definition) is 3. The van der Waals surface area contributed by atoms with Gasteiger partial charge in [-0.1, -0.05) is 31.0 Å². The molecule has 1 amide bonds. The number of nitrogens with one attached hydrogen (secondary N) is 2. The molecule has 1 aliphatic heterocycles. The molecule has 3 rings (SSSR count). The van der Waals surface area contributed by atoms with Crippen molar-refractivity contribution in [1.29, 1.82) is 0 Å². The van der Waals surface area contributed by atoms with Crippen LogP contribution in [0.25, 0.3) is 0 Å². The van der Waals surface area contributed by atoms with Gasteiger partial charge in [0, 0.05) is 18.8 Å². The quantitative estimate of drug-likeness (QED) is 0.774. The predicted molar refractivity (Wildman–Crippen MR) is 74.1 cm³/mol. The third-order valence-electron chi connectivity index (χ3n) is 4.28. The monoisotopic (exact) mass is 260 g/mol. The molecular weight excluding hydrogens is 240 g/mol. The van der Waals surface area contributed by atoms with Gasteiger partial charge in [-0.2, -0.15) is 0 Å². The molecule has 1 heterocycles. The molecule has 19 heavy (non-hydrogen) atoms. The molecule has 4 heteroatoms. The van der Waals surface area contributed by atoms with E-state index in [4.69, 9.17) is 0 Å². The fourth-order valence-corrected chi connectivity index (χ4v) is 3.10. The van der Waals surface area contributed by atoms with Crippen molar-refractivity contribution < 1.29 is 9.90 Å². The number of fused-ring (bicyclic) bond motifs is 1. The van der Waals surface area contributed by atoms with Crippen LogP contribution >= 0.6 is 0 Å². The van der Waals surface area contributed by atoms with Crippen molar-refractivity contribution in [2.45, 2.75) is 37.2 Å². The Kier molecular flexibility index (Phi) is 3.19. The molecule has 2 aliphatic rings. The average molecular weight is 260 g/mol. The second-order valence-electron chi connectivity index (χ2n) is 5.67. The van der Waals surface area contributed by atoms with Crippen LogP contribution in [0.15, 0.2) is 24.3 Å². The van der Waals surface area contributed by atoms with Crippen molar-refractivity contribution in [2.75, 3.05) is 18.4 Å². The second-order valence-corrected chi connectivity index (χ2v) is 5.67. The van der Waals surface area contributed by atoms with Crippen molar-refractivity contribution in [3.8, 4) is 0 Å². The van der Waals surface area contributed by atoms with Crippen LogP contribution in [0.4, 0.5) is 5.69 Å². The summed E-state index contributed by atoms with van der Waals surface area (Å²) in [5.74, 6) is -0.126. The maximum atomic E-state index is 12.2. The Morgan fingerprint density at radius 3 is 2.89 bits per heavy atom. The molecule has 4 nitrogen and oxygen atoms in total. The van der Waals surface area contributed by atoms with Gasteiger partial charge in [0.1, 0.15) is 0 Å². The molecule has 1 aliphatic carbocycles. The number of anilines is 1. The molecule has 102 valence electrons. The summed E-state index contributed by atoms with van der Waals surface area (Å²) in [4.78, 5) is 12.2. The zero-order chi connectivity index (χ0) is 13.3.